The molecule has 6 nitrogen and oxygen atoms in total. The zero-order valence-electron chi connectivity index (χ0n) is 10.1. The summed E-state index contributed by atoms with van der Waals surface area (Å²) >= 11 is 0. The van der Waals surface area contributed by atoms with E-state index in [0.717, 1.165) is 5.98 Å². The summed E-state index contributed by atoms with van der Waals surface area (Å²) in [7, 11) is -2.16. The minimum absolute atomic E-state index is 0.0263. The number of rotatable bonds is 6. The molecule has 0 saturated heterocycles. The maximum Gasteiger partial charge on any atom is 0.313 e. The number of hydrogen-bond donors (Lipinski definition) is 1. The number of carbonyl (C=O) groups is 2. The van der Waals surface area contributed by atoms with Crippen LogP contribution in [0.1, 0.15) is 40.0 Å². The molecule has 0 bridgehead atoms. The number of ether oxygens (including phenoxy) is 1. The van der Waals surface area contributed by atoms with Crippen LogP contribution < -0.4 is 4.89 Å². The Labute approximate surface area is 101 Å². The zero-order valence-corrected chi connectivity index (χ0v) is 11.0. The molecule has 0 spiro atoms. The lowest BCUT2D eigenvalue weighted by molar-refractivity contribution is -0.180. The van der Waals surface area contributed by atoms with Crippen LogP contribution in [0.4, 0.5) is 0 Å². The van der Waals surface area contributed by atoms with Gasteiger partial charge in [-0.05, 0) is 27.2 Å². The van der Waals surface area contributed by atoms with Gasteiger partial charge < -0.3 is 14.7 Å². The van der Waals surface area contributed by atoms with Gasteiger partial charge in [0.15, 0.2) is 0 Å². The first-order valence-electron chi connectivity index (χ1n) is 5.11. The molecule has 0 saturated carbocycles. The Hall–Kier alpha value is -0.970. The van der Waals surface area contributed by atoms with Gasteiger partial charge in [-0.15, -0.1) is 0 Å². The molecule has 0 radical (unpaired) electrons. The Morgan fingerprint density at radius 1 is 1.35 bits per heavy atom. The van der Waals surface area contributed by atoms with Gasteiger partial charge in [0.25, 0.3) is 14.0 Å². The molecule has 0 aromatic rings. The third-order valence-corrected chi connectivity index (χ3v) is 2.41. The Morgan fingerprint density at radius 2 is 1.94 bits per heavy atom. The first-order valence-corrected chi connectivity index (χ1v) is 6.35. The summed E-state index contributed by atoms with van der Waals surface area (Å²) in [6, 6.07) is 0. The lowest BCUT2D eigenvalue weighted by atomic mass is 10.2. The fourth-order valence-corrected chi connectivity index (χ4v) is 1.62. The van der Waals surface area contributed by atoms with Gasteiger partial charge in [-0.3, -0.25) is 9.59 Å². The highest BCUT2D eigenvalue weighted by Crippen LogP contribution is 2.22. The number of esters is 1. The lowest BCUT2D eigenvalue weighted by Crippen LogP contribution is -2.18. The van der Waals surface area contributed by atoms with Crippen LogP contribution in [-0.4, -0.2) is 28.6 Å². The molecule has 0 rings (SSSR count). The van der Waals surface area contributed by atoms with E-state index in [1.165, 1.54) is 0 Å². The summed E-state index contributed by atoms with van der Waals surface area (Å²) in [4.78, 5) is 32.5. The van der Waals surface area contributed by atoms with Crippen LogP contribution in [0.25, 0.3) is 0 Å². The second kappa shape index (κ2) is 7.37. The summed E-state index contributed by atoms with van der Waals surface area (Å²) in [6.45, 7) is 5.17. The molecule has 1 unspecified atom stereocenters. The molecule has 0 aromatic heterocycles. The molecule has 1 atom stereocenters. The van der Waals surface area contributed by atoms with Crippen molar-refractivity contribution in [2.45, 2.75) is 45.6 Å². The molecule has 0 aliphatic heterocycles. The van der Waals surface area contributed by atoms with Gasteiger partial charge in [0.05, 0.1) is 0 Å². The monoisotopic (exact) mass is 264 g/mol. The van der Waals surface area contributed by atoms with Crippen LogP contribution in [0.3, 0.4) is 0 Å². The largest absolute Gasteiger partial charge is 0.600 e. The summed E-state index contributed by atoms with van der Waals surface area (Å²) in [6.07, 6.45) is 0.0696. The zero-order chi connectivity index (χ0) is 13.5. The van der Waals surface area contributed by atoms with Gasteiger partial charge >= 0.3 is 11.9 Å². The molecule has 0 aliphatic rings. The lowest BCUT2D eigenvalue weighted by Gasteiger charge is -2.13. The quantitative estimate of drug-likeness (QED) is 0.568. The van der Waals surface area contributed by atoms with Crippen LogP contribution in [0.5, 0.6) is 0 Å². The van der Waals surface area contributed by atoms with Crippen LogP contribution in [0, 0.1) is 0 Å². The van der Waals surface area contributed by atoms with E-state index in [1.54, 1.807) is 20.8 Å². The number of hydrogen-bond acceptors (Lipinski definition) is 5. The van der Waals surface area contributed by atoms with Crippen molar-refractivity contribution in [3.05, 3.63) is 0 Å². The van der Waals surface area contributed by atoms with Crippen molar-refractivity contribution in [2.75, 3.05) is 0 Å². The number of carboxylic acids is 1. The van der Waals surface area contributed by atoms with Gasteiger partial charge in [0.2, 0.25) is 0 Å². The standard InChI is InChI=1S/C10H17O6P/c1-10(2,3)16-17(14)7-15-9(13)6-4-5-8(11)12/h7H,4-6H2,1-3H3,(H,11,12). The molecule has 7 heteroatoms. The molecule has 17 heavy (non-hydrogen) atoms. The fourth-order valence-electron chi connectivity index (χ4n) is 0.836. The summed E-state index contributed by atoms with van der Waals surface area (Å²) in [5, 5.41) is 8.35. The average Bonchev–Trinajstić information content (AvgIpc) is 2.11. The highest BCUT2D eigenvalue weighted by molar-refractivity contribution is 7.44. The van der Waals surface area contributed by atoms with Gasteiger partial charge in [-0.25, -0.2) is 0 Å². The van der Waals surface area contributed by atoms with E-state index < -0.39 is 25.5 Å². The second-order valence-corrected chi connectivity index (χ2v) is 5.30. The van der Waals surface area contributed by atoms with Crippen molar-refractivity contribution in [3.63, 3.8) is 0 Å². The second-order valence-electron chi connectivity index (χ2n) is 4.33. The predicted octanol–water partition coefficient (Wildman–Crippen LogP) is 1.03. The summed E-state index contributed by atoms with van der Waals surface area (Å²) < 4.78 is 9.58. The average molecular weight is 264 g/mol. The van der Waals surface area contributed by atoms with E-state index in [4.69, 9.17) is 9.63 Å². The highest BCUT2D eigenvalue weighted by atomic mass is 31.1. The SMILES string of the molecule is CC(C)(C)O[P+]([O-])=COC(=O)CCCC(=O)O. The van der Waals surface area contributed by atoms with Gasteiger partial charge in [-0.1, -0.05) is 0 Å². The molecule has 98 valence electrons. The van der Waals surface area contributed by atoms with Crippen molar-refractivity contribution in [1.29, 1.82) is 0 Å². The van der Waals surface area contributed by atoms with Crippen LogP contribution in [-0.2, 0) is 18.8 Å². The molecular formula is C10H17O6P. The van der Waals surface area contributed by atoms with Crippen molar-refractivity contribution in [2.24, 2.45) is 0 Å². The van der Waals surface area contributed by atoms with Gasteiger partial charge in [0.1, 0.15) is 5.60 Å². The molecule has 1 N–H and O–H groups in total. The smallest absolute Gasteiger partial charge is 0.313 e. The first kappa shape index (κ1) is 16.0. The van der Waals surface area contributed by atoms with E-state index in [1.807, 2.05) is 0 Å². The Bertz CT molecular complexity index is 304. The van der Waals surface area contributed by atoms with Crippen LogP contribution in [0.15, 0.2) is 0 Å². The molecule has 0 heterocycles. The topological polar surface area (TPSA) is 95.9 Å². The number of aliphatic carboxylic acids is 1. The molecule has 0 amide bonds. The van der Waals surface area contributed by atoms with E-state index in [2.05, 4.69) is 4.74 Å². The molecule has 0 aromatic carbocycles. The molecule has 0 aliphatic carbocycles. The van der Waals surface area contributed by atoms with Crippen LogP contribution >= 0.6 is 8.00 Å². The fraction of sp³-hybridized carbons (Fsp3) is 0.700. The first-order chi connectivity index (χ1) is 7.70. The minimum Gasteiger partial charge on any atom is -0.600 e. The van der Waals surface area contributed by atoms with Crippen molar-refractivity contribution in [1.82, 2.24) is 0 Å². The van der Waals surface area contributed by atoms with Crippen molar-refractivity contribution >= 4 is 25.9 Å². The van der Waals surface area contributed by atoms with E-state index in [0.29, 0.717) is 0 Å². The normalized spacial score (nSPS) is 12.4. The van der Waals surface area contributed by atoms with Crippen molar-refractivity contribution in [3.8, 4) is 0 Å². The molecule has 0 fully saturated rings. The van der Waals surface area contributed by atoms with E-state index >= 15 is 0 Å². The Morgan fingerprint density at radius 3 is 2.41 bits per heavy atom. The highest BCUT2D eigenvalue weighted by Gasteiger charge is 2.17. The Balaban J connectivity index is 3.89. The van der Waals surface area contributed by atoms with E-state index in [9.17, 15) is 14.5 Å². The third-order valence-electron chi connectivity index (χ3n) is 1.41. The van der Waals surface area contributed by atoms with Crippen molar-refractivity contribution < 1.29 is 28.8 Å². The Kier molecular flexibility index (Phi) is 6.95. The minimum atomic E-state index is -2.16. The summed E-state index contributed by atoms with van der Waals surface area (Å²) in [5.74, 6) is -0.750. The number of carboxylic acid groups (broad SMARTS) is 1. The predicted molar refractivity (Wildman–Crippen MR) is 61.4 cm³/mol. The van der Waals surface area contributed by atoms with Crippen LogP contribution in [0.2, 0.25) is 0 Å². The number of carbonyl (C=O) groups excluding carboxylic acids is 1. The van der Waals surface area contributed by atoms with Gasteiger partial charge in [-0.2, -0.15) is 4.52 Å². The maximum absolute atomic E-state index is 11.2. The maximum atomic E-state index is 11.2. The summed E-state index contributed by atoms with van der Waals surface area (Å²) in [5.41, 5.74) is -0.584. The van der Waals surface area contributed by atoms with E-state index in [-0.39, 0.29) is 19.3 Å². The third kappa shape index (κ3) is 11.3. The van der Waals surface area contributed by atoms with Gasteiger partial charge in [0, 0.05) is 12.8 Å². The molecular weight excluding hydrogens is 247 g/mol.